The van der Waals surface area contributed by atoms with E-state index in [-0.39, 0.29) is 29.6 Å². The highest BCUT2D eigenvalue weighted by Gasteiger charge is 2.56. The number of amides is 3. The number of halogens is 1. The second-order valence-electron chi connectivity index (χ2n) is 9.44. The summed E-state index contributed by atoms with van der Waals surface area (Å²) in [6, 6.07) is 18.4. The van der Waals surface area contributed by atoms with Crippen molar-refractivity contribution in [3.8, 4) is 0 Å². The van der Waals surface area contributed by atoms with E-state index in [9.17, 15) is 18.8 Å². The quantitative estimate of drug-likeness (QED) is 0.547. The summed E-state index contributed by atoms with van der Waals surface area (Å²) < 4.78 is 13.5. The zero-order valence-corrected chi connectivity index (χ0v) is 19.9. The fraction of sp³-hybridized carbons (Fsp3) is 0.286. The van der Waals surface area contributed by atoms with Crippen molar-refractivity contribution in [2.75, 3.05) is 5.32 Å². The molecule has 1 saturated heterocycles. The zero-order valence-electron chi connectivity index (χ0n) is 19.9. The largest absolute Gasteiger partial charge is 0.332 e. The Labute approximate surface area is 208 Å². The van der Waals surface area contributed by atoms with E-state index >= 15 is 0 Å². The van der Waals surface area contributed by atoms with Crippen molar-refractivity contribution in [3.63, 3.8) is 0 Å². The van der Waals surface area contributed by atoms with Crippen molar-refractivity contribution in [2.24, 2.45) is 5.92 Å². The zero-order chi connectivity index (χ0) is 25.2. The van der Waals surface area contributed by atoms with Gasteiger partial charge in [0.05, 0.1) is 0 Å². The number of anilines is 1. The summed E-state index contributed by atoms with van der Waals surface area (Å²) >= 11 is 0. The molecule has 0 radical (unpaired) electrons. The van der Waals surface area contributed by atoms with E-state index in [4.69, 9.17) is 0 Å². The van der Waals surface area contributed by atoms with E-state index < -0.39 is 6.04 Å². The number of pyridine rings is 1. The first kappa shape index (κ1) is 23.7. The third kappa shape index (κ3) is 5.12. The highest BCUT2D eigenvalue weighted by molar-refractivity contribution is 5.99. The molecule has 36 heavy (non-hydrogen) atoms. The van der Waals surface area contributed by atoms with Crippen LogP contribution in [0.4, 0.5) is 10.2 Å². The Balaban J connectivity index is 1.40. The number of likely N-dealkylation sites (tertiary alicyclic amines) is 1. The standard InChI is InChI=1S/C28H27FN4O3/c1-18(34)31-26-15-21(11-12-30-26)27(35)33-24-13-22(24)14-25(33)28(36)32(16-19-5-3-2-4-6-19)17-20-7-9-23(29)10-8-20/h2-12,15,22,24-25H,13-14,16-17H2,1H3,(H,30,31,34)/t22-,24+,25+/m1/s1. The van der Waals surface area contributed by atoms with Crippen LogP contribution in [-0.2, 0) is 22.7 Å². The van der Waals surface area contributed by atoms with Crippen LogP contribution in [0.5, 0.6) is 0 Å². The number of benzene rings is 2. The van der Waals surface area contributed by atoms with Crippen LogP contribution in [0, 0.1) is 11.7 Å². The van der Waals surface area contributed by atoms with Gasteiger partial charge in [-0.2, -0.15) is 0 Å². The van der Waals surface area contributed by atoms with Crippen LogP contribution in [0.1, 0.15) is 41.3 Å². The number of nitrogens with zero attached hydrogens (tertiary/aromatic N) is 3. The summed E-state index contributed by atoms with van der Waals surface area (Å²) in [7, 11) is 0. The minimum absolute atomic E-state index is 0.0354. The number of hydrogen-bond acceptors (Lipinski definition) is 4. The van der Waals surface area contributed by atoms with Crippen LogP contribution >= 0.6 is 0 Å². The molecule has 2 heterocycles. The maximum absolute atomic E-state index is 13.9. The SMILES string of the molecule is CC(=O)Nc1cc(C(=O)N2[C@H](C(=O)N(Cc3ccccc3)Cc3ccc(F)cc3)C[C@H]3C[C@@H]32)ccn1. The van der Waals surface area contributed by atoms with Gasteiger partial charge in [0.15, 0.2) is 0 Å². The maximum Gasteiger partial charge on any atom is 0.254 e. The lowest BCUT2D eigenvalue weighted by Gasteiger charge is -2.32. The average Bonchev–Trinajstić information content (AvgIpc) is 3.54. The lowest BCUT2D eigenvalue weighted by molar-refractivity contribution is -0.137. The summed E-state index contributed by atoms with van der Waals surface area (Å²) in [6.07, 6.45) is 2.98. The van der Waals surface area contributed by atoms with Crippen LogP contribution in [0.3, 0.4) is 0 Å². The summed E-state index contributed by atoms with van der Waals surface area (Å²) in [4.78, 5) is 46.5. The van der Waals surface area contributed by atoms with E-state index in [0.29, 0.717) is 36.8 Å². The van der Waals surface area contributed by atoms with Gasteiger partial charge >= 0.3 is 0 Å². The van der Waals surface area contributed by atoms with E-state index in [0.717, 1.165) is 17.5 Å². The summed E-state index contributed by atoms with van der Waals surface area (Å²) in [6.45, 7) is 2.07. The normalized spacial score (nSPS) is 19.9. The number of rotatable bonds is 7. The molecule has 3 aromatic rings. The molecule has 1 aliphatic carbocycles. The molecular weight excluding hydrogens is 459 g/mol. The van der Waals surface area contributed by atoms with Gasteiger partial charge in [0.1, 0.15) is 17.7 Å². The van der Waals surface area contributed by atoms with E-state index in [1.807, 2.05) is 30.3 Å². The first-order valence-electron chi connectivity index (χ1n) is 12.0. The summed E-state index contributed by atoms with van der Waals surface area (Å²) in [5, 5.41) is 2.60. The molecule has 1 aliphatic heterocycles. The molecule has 3 atom stereocenters. The Hall–Kier alpha value is -4.07. The highest BCUT2D eigenvalue weighted by atomic mass is 19.1. The lowest BCUT2D eigenvalue weighted by atomic mass is 10.1. The molecular formula is C28H27FN4O3. The van der Waals surface area contributed by atoms with Crippen molar-refractivity contribution in [2.45, 2.75) is 44.9 Å². The number of piperidine rings is 1. The molecule has 184 valence electrons. The average molecular weight is 487 g/mol. The van der Waals surface area contributed by atoms with Gasteiger partial charge in [-0.15, -0.1) is 0 Å². The Bertz CT molecular complexity index is 1280. The predicted molar refractivity (Wildman–Crippen MR) is 132 cm³/mol. The van der Waals surface area contributed by atoms with Crippen LogP contribution < -0.4 is 5.32 Å². The van der Waals surface area contributed by atoms with Crippen molar-refractivity contribution in [1.29, 1.82) is 0 Å². The number of fused-ring (bicyclic) bond motifs is 1. The fourth-order valence-corrected chi connectivity index (χ4v) is 4.97. The van der Waals surface area contributed by atoms with Crippen molar-refractivity contribution >= 4 is 23.5 Å². The molecule has 7 nitrogen and oxygen atoms in total. The lowest BCUT2D eigenvalue weighted by Crippen LogP contribution is -2.49. The van der Waals surface area contributed by atoms with E-state index in [1.165, 1.54) is 25.3 Å². The Morgan fingerprint density at radius 1 is 1.00 bits per heavy atom. The van der Waals surface area contributed by atoms with Crippen molar-refractivity contribution in [1.82, 2.24) is 14.8 Å². The monoisotopic (exact) mass is 486 g/mol. The van der Waals surface area contributed by atoms with E-state index in [2.05, 4.69) is 10.3 Å². The Morgan fingerprint density at radius 2 is 1.69 bits per heavy atom. The molecule has 1 saturated carbocycles. The van der Waals surface area contributed by atoms with Crippen LogP contribution in [0.15, 0.2) is 72.9 Å². The van der Waals surface area contributed by atoms with Gasteiger partial charge in [0, 0.05) is 37.8 Å². The first-order valence-corrected chi connectivity index (χ1v) is 12.0. The smallest absolute Gasteiger partial charge is 0.254 e. The molecule has 8 heteroatoms. The number of carbonyl (C=O) groups is 3. The van der Waals surface area contributed by atoms with Gasteiger partial charge in [-0.25, -0.2) is 9.37 Å². The minimum Gasteiger partial charge on any atom is -0.332 e. The third-order valence-corrected chi connectivity index (χ3v) is 6.75. The summed E-state index contributed by atoms with van der Waals surface area (Å²) in [5.74, 6) is -0.369. The second kappa shape index (κ2) is 9.89. The molecule has 1 N–H and O–H groups in total. The third-order valence-electron chi connectivity index (χ3n) is 6.75. The molecule has 0 bridgehead atoms. The van der Waals surface area contributed by atoms with Crippen LogP contribution in [-0.4, -0.2) is 44.6 Å². The highest BCUT2D eigenvalue weighted by Crippen LogP contribution is 2.49. The molecule has 0 spiro atoms. The molecule has 0 unspecified atom stereocenters. The van der Waals surface area contributed by atoms with Crippen LogP contribution in [0.2, 0.25) is 0 Å². The van der Waals surface area contributed by atoms with Gasteiger partial charge in [-0.1, -0.05) is 42.5 Å². The molecule has 2 aromatic carbocycles. The number of aromatic nitrogens is 1. The Kier molecular flexibility index (Phi) is 6.50. The maximum atomic E-state index is 13.9. The van der Waals surface area contributed by atoms with Crippen LogP contribution in [0.25, 0.3) is 0 Å². The summed E-state index contributed by atoms with van der Waals surface area (Å²) in [5.41, 5.74) is 2.17. The first-order chi connectivity index (χ1) is 17.4. The van der Waals surface area contributed by atoms with Crippen molar-refractivity contribution < 1.29 is 18.8 Å². The number of nitrogens with one attached hydrogen (secondary N) is 1. The van der Waals surface area contributed by atoms with Crippen molar-refractivity contribution in [3.05, 3.63) is 95.4 Å². The predicted octanol–water partition coefficient (Wildman–Crippen LogP) is 4.01. The minimum atomic E-state index is -0.581. The molecule has 2 aliphatic rings. The second-order valence-corrected chi connectivity index (χ2v) is 9.44. The van der Waals surface area contributed by atoms with Gasteiger partial charge in [0.2, 0.25) is 11.8 Å². The fourth-order valence-electron chi connectivity index (χ4n) is 4.97. The topological polar surface area (TPSA) is 82.6 Å². The van der Waals surface area contributed by atoms with E-state index in [1.54, 1.807) is 34.1 Å². The molecule has 3 amide bonds. The van der Waals surface area contributed by atoms with Gasteiger partial charge in [-0.3, -0.25) is 14.4 Å². The molecule has 5 rings (SSSR count). The Morgan fingerprint density at radius 3 is 2.39 bits per heavy atom. The number of hydrogen-bond donors (Lipinski definition) is 1. The van der Waals surface area contributed by atoms with Gasteiger partial charge in [0.25, 0.3) is 5.91 Å². The molecule has 1 aromatic heterocycles. The molecule has 2 fully saturated rings. The van der Waals surface area contributed by atoms with Gasteiger partial charge < -0.3 is 15.1 Å². The number of carbonyl (C=O) groups excluding carboxylic acids is 3. The van der Waals surface area contributed by atoms with Gasteiger partial charge in [-0.05, 0) is 54.2 Å².